The molecule has 0 bridgehead atoms. The second kappa shape index (κ2) is 7.06. The van der Waals surface area contributed by atoms with E-state index in [1.165, 1.54) is 0 Å². The number of hydrogen-bond donors (Lipinski definition) is 1. The average Bonchev–Trinajstić information content (AvgIpc) is 2.13. The van der Waals surface area contributed by atoms with E-state index in [-0.39, 0.29) is 12.1 Å². The Hall–Kier alpha value is -0.380. The van der Waals surface area contributed by atoms with Crippen LogP contribution in [0.25, 0.3) is 0 Å². The molecule has 13 heavy (non-hydrogen) atoms. The van der Waals surface area contributed by atoms with Crippen LogP contribution in [0.3, 0.4) is 0 Å². The van der Waals surface area contributed by atoms with Gasteiger partial charge in [0.15, 0.2) is 0 Å². The van der Waals surface area contributed by atoms with Crippen LogP contribution in [-0.2, 0) is 0 Å². The van der Waals surface area contributed by atoms with E-state index in [9.17, 15) is 4.79 Å². The van der Waals surface area contributed by atoms with Crippen LogP contribution in [0, 0.1) is 0 Å². The predicted octanol–water partition coefficient (Wildman–Crippen LogP) is 1.79. The van der Waals surface area contributed by atoms with Gasteiger partial charge in [0.2, 0.25) is 0 Å². The molecular weight excluding hydrogens is 184 g/mol. The fourth-order valence-corrected chi connectivity index (χ4v) is 1.47. The Kier molecular flexibility index (Phi) is 6.86. The van der Waals surface area contributed by atoms with E-state index in [1.807, 2.05) is 25.6 Å². The summed E-state index contributed by atoms with van der Waals surface area (Å²) in [6.07, 6.45) is 0. The second-order valence-corrected chi connectivity index (χ2v) is 4.34. The molecule has 0 aliphatic carbocycles. The van der Waals surface area contributed by atoms with Gasteiger partial charge in [0.25, 0.3) is 0 Å². The predicted molar refractivity (Wildman–Crippen MR) is 59.3 cm³/mol. The molecule has 1 unspecified atom stereocenters. The summed E-state index contributed by atoms with van der Waals surface area (Å²) in [5.41, 5.74) is 0. The quantitative estimate of drug-likeness (QED) is 0.740. The SMILES string of the molecule is CCSCC(C)NC(=O)N(C)CC. The standard InChI is InChI=1S/C9H20N2OS/c1-5-11(4)9(12)10-8(3)7-13-6-2/h8H,5-7H2,1-4H3,(H,10,12). The number of nitrogens with zero attached hydrogens (tertiary/aromatic N) is 1. The van der Waals surface area contributed by atoms with Crippen molar-refractivity contribution >= 4 is 17.8 Å². The van der Waals surface area contributed by atoms with Crippen LogP contribution in [0.2, 0.25) is 0 Å². The van der Waals surface area contributed by atoms with Crippen LogP contribution in [0.5, 0.6) is 0 Å². The summed E-state index contributed by atoms with van der Waals surface area (Å²) >= 11 is 1.84. The summed E-state index contributed by atoms with van der Waals surface area (Å²) in [4.78, 5) is 13.0. The Morgan fingerprint density at radius 2 is 2.15 bits per heavy atom. The summed E-state index contributed by atoms with van der Waals surface area (Å²) in [6, 6.07) is 0.276. The summed E-state index contributed by atoms with van der Waals surface area (Å²) < 4.78 is 0. The number of carbonyl (C=O) groups excluding carboxylic acids is 1. The van der Waals surface area contributed by atoms with Gasteiger partial charge in [-0.1, -0.05) is 6.92 Å². The highest BCUT2D eigenvalue weighted by atomic mass is 32.2. The fourth-order valence-electron chi connectivity index (χ4n) is 0.801. The van der Waals surface area contributed by atoms with Gasteiger partial charge in [-0.25, -0.2) is 4.79 Å². The minimum absolute atomic E-state index is 0.0201. The van der Waals surface area contributed by atoms with Crippen LogP contribution >= 0.6 is 11.8 Å². The summed E-state index contributed by atoms with van der Waals surface area (Å²) in [6.45, 7) is 6.87. The Morgan fingerprint density at radius 1 is 1.54 bits per heavy atom. The van der Waals surface area contributed by atoms with Gasteiger partial charge in [0, 0.05) is 25.4 Å². The molecule has 0 aromatic heterocycles. The number of thioether (sulfide) groups is 1. The number of urea groups is 1. The number of rotatable bonds is 5. The smallest absolute Gasteiger partial charge is 0.317 e. The van der Waals surface area contributed by atoms with Crippen molar-refractivity contribution in [3.8, 4) is 0 Å². The molecule has 4 heteroatoms. The Morgan fingerprint density at radius 3 is 2.62 bits per heavy atom. The zero-order valence-corrected chi connectivity index (χ0v) is 9.78. The number of nitrogens with one attached hydrogen (secondary N) is 1. The molecule has 78 valence electrons. The third-order valence-electron chi connectivity index (χ3n) is 1.76. The third-order valence-corrected chi connectivity index (χ3v) is 2.91. The van der Waals surface area contributed by atoms with Gasteiger partial charge in [0.05, 0.1) is 0 Å². The van der Waals surface area contributed by atoms with Crippen molar-refractivity contribution in [3.63, 3.8) is 0 Å². The van der Waals surface area contributed by atoms with Gasteiger partial charge in [-0.05, 0) is 19.6 Å². The highest BCUT2D eigenvalue weighted by Gasteiger charge is 2.09. The maximum atomic E-state index is 11.4. The minimum atomic E-state index is 0.0201. The molecule has 0 aliphatic rings. The molecule has 2 amide bonds. The van der Waals surface area contributed by atoms with E-state index >= 15 is 0 Å². The molecule has 0 aromatic carbocycles. The van der Waals surface area contributed by atoms with E-state index in [1.54, 1.807) is 11.9 Å². The normalized spacial score (nSPS) is 12.3. The van der Waals surface area contributed by atoms with Gasteiger partial charge in [-0.2, -0.15) is 11.8 Å². The molecule has 1 N–H and O–H groups in total. The molecule has 0 saturated carbocycles. The van der Waals surface area contributed by atoms with E-state index < -0.39 is 0 Å². The number of carbonyl (C=O) groups is 1. The molecule has 0 aromatic rings. The van der Waals surface area contributed by atoms with Crippen LogP contribution in [0.1, 0.15) is 20.8 Å². The Labute approximate surface area is 85.3 Å². The van der Waals surface area contributed by atoms with Crippen LogP contribution in [0.15, 0.2) is 0 Å². The third kappa shape index (κ3) is 5.80. The van der Waals surface area contributed by atoms with Gasteiger partial charge in [0.1, 0.15) is 0 Å². The fraction of sp³-hybridized carbons (Fsp3) is 0.889. The van der Waals surface area contributed by atoms with Gasteiger partial charge in [-0.3, -0.25) is 0 Å². The maximum Gasteiger partial charge on any atom is 0.317 e. The molecule has 0 aliphatic heterocycles. The van der Waals surface area contributed by atoms with Crippen LogP contribution in [-0.4, -0.2) is 42.1 Å². The molecule has 3 nitrogen and oxygen atoms in total. The van der Waals surface area contributed by atoms with Crippen molar-refractivity contribution in [1.82, 2.24) is 10.2 Å². The largest absolute Gasteiger partial charge is 0.335 e. The lowest BCUT2D eigenvalue weighted by molar-refractivity contribution is 0.208. The van der Waals surface area contributed by atoms with Crippen molar-refractivity contribution in [2.75, 3.05) is 25.1 Å². The maximum absolute atomic E-state index is 11.4. The lowest BCUT2D eigenvalue weighted by atomic mass is 10.4. The first-order valence-corrected chi connectivity index (χ1v) is 5.86. The zero-order chi connectivity index (χ0) is 10.3. The first-order chi connectivity index (χ1) is 6.11. The zero-order valence-electron chi connectivity index (χ0n) is 8.96. The van der Waals surface area contributed by atoms with E-state index in [0.29, 0.717) is 0 Å². The first-order valence-electron chi connectivity index (χ1n) is 4.71. The van der Waals surface area contributed by atoms with Gasteiger partial charge in [-0.15, -0.1) is 0 Å². The molecule has 0 saturated heterocycles. The molecule has 0 rings (SSSR count). The number of hydrogen-bond acceptors (Lipinski definition) is 2. The highest BCUT2D eigenvalue weighted by Crippen LogP contribution is 2.01. The van der Waals surface area contributed by atoms with Crippen molar-refractivity contribution in [1.29, 1.82) is 0 Å². The van der Waals surface area contributed by atoms with Crippen molar-refractivity contribution in [3.05, 3.63) is 0 Å². The summed E-state index contributed by atoms with van der Waals surface area (Å²) in [7, 11) is 1.80. The number of amides is 2. The van der Waals surface area contributed by atoms with Crippen molar-refractivity contribution in [2.45, 2.75) is 26.8 Å². The van der Waals surface area contributed by atoms with E-state index in [4.69, 9.17) is 0 Å². The van der Waals surface area contributed by atoms with E-state index in [0.717, 1.165) is 18.1 Å². The minimum Gasteiger partial charge on any atom is -0.335 e. The van der Waals surface area contributed by atoms with Gasteiger partial charge >= 0.3 is 6.03 Å². The van der Waals surface area contributed by atoms with Gasteiger partial charge < -0.3 is 10.2 Å². The van der Waals surface area contributed by atoms with Crippen molar-refractivity contribution < 1.29 is 4.79 Å². The molecule has 1 atom stereocenters. The Bertz CT molecular complexity index is 153. The molecule has 0 spiro atoms. The Balaban J connectivity index is 3.64. The lowest BCUT2D eigenvalue weighted by Crippen LogP contribution is -2.42. The molecule has 0 radical (unpaired) electrons. The first kappa shape index (κ1) is 12.6. The summed E-state index contributed by atoms with van der Waals surface area (Å²) in [5, 5.41) is 2.93. The highest BCUT2D eigenvalue weighted by molar-refractivity contribution is 7.99. The van der Waals surface area contributed by atoms with Crippen molar-refractivity contribution in [2.24, 2.45) is 0 Å². The van der Waals surface area contributed by atoms with Crippen LogP contribution < -0.4 is 5.32 Å². The molecular formula is C9H20N2OS. The molecule has 0 heterocycles. The molecule has 0 fully saturated rings. The van der Waals surface area contributed by atoms with Crippen LogP contribution in [0.4, 0.5) is 4.79 Å². The average molecular weight is 204 g/mol. The van der Waals surface area contributed by atoms with E-state index in [2.05, 4.69) is 12.2 Å². The summed E-state index contributed by atoms with van der Waals surface area (Å²) in [5.74, 6) is 2.09. The monoisotopic (exact) mass is 204 g/mol. The second-order valence-electron chi connectivity index (χ2n) is 3.02. The topological polar surface area (TPSA) is 32.3 Å². The lowest BCUT2D eigenvalue weighted by Gasteiger charge is -2.19.